The van der Waals surface area contributed by atoms with Crippen molar-refractivity contribution >= 4 is 40.4 Å². The molecule has 0 fully saturated rings. The molecule has 0 unspecified atom stereocenters. The van der Waals surface area contributed by atoms with Crippen molar-refractivity contribution in [3.05, 3.63) is 56.8 Å². The molecule has 1 atom stereocenters. The minimum absolute atomic E-state index is 0.00142. The van der Waals surface area contributed by atoms with Gasteiger partial charge in [0.05, 0.1) is 16.2 Å². The normalized spacial score (nSPS) is 11.4. The molecular formula is C17H16N2O6S. The molecule has 1 amide bonds. The third-order valence-electron chi connectivity index (χ3n) is 3.35. The van der Waals surface area contributed by atoms with E-state index >= 15 is 0 Å². The van der Waals surface area contributed by atoms with Crippen LogP contribution < -0.4 is 5.32 Å². The number of nitrogens with one attached hydrogen (secondary N) is 1. The van der Waals surface area contributed by atoms with Crippen LogP contribution in [0.5, 0.6) is 0 Å². The van der Waals surface area contributed by atoms with Crippen molar-refractivity contribution < 1.29 is 24.0 Å². The van der Waals surface area contributed by atoms with Crippen LogP contribution in [0.4, 0.5) is 11.4 Å². The minimum atomic E-state index is -1.10. The zero-order valence-electron chi connectivity index (χ0n) is 13.8. The standard InChI is InChI=1S/C17H16N2O6S/c1-11(17(22)18-12-4-2-5-13(10-12)19(23)24)25-16(21)8-7-14(20)15-6-3-9-26-15/h2-6,9-11H,7-8H2,1H3,(H,18,22)/t11-/m0/s1. The summed E-state index contributed by atoms with van der Waals surface area (Å²) in [7, 11) is 0. The van der Waals surface area contributed by atoms with E-state index in [0.717, 1.165) is 0 Å². The number of rotatable bonds is 8. The third kappa shape index (κ3) is 5.49. The first-order chi connectivity index (χ1) is 12.4. The Bertz CT molecular complexity index is 818. The average Bonchev–Trinajstić information content (AvgIpc) is 3.14. The molecule has 0 aliphatic rings. The predicted molar refractivity (Wildman–Crippen MR) is 95.2 cm³/mol. The first-order valence-corrected chi connectivity index (χ1v) is 8.56. The van der Waals surface area contributed by atoms with E-state index in [-0.39, 0.29) is 30.0 Å². The Hall–Kier alpha value is -3.07. The van der Waals surface area contributed by atoms with Gasteiger partial charge in [-0.05, 0) is 24.4 Å². The molecule has 1 aromatic carbocycles. The van der Waals surface area contributed by atoms with Crippen LogP contribution in [-0.2, 0) is 14.3 Å². The highest BCUT2D eigenvalue weighted by atomic mass is 32.1. The number of nitrogens with zero attached hydrogens (tertiary/aromatic N) is 1. The maximum absolute atomic E-state index is 12.0. The Morgan fingerprint density at radius 2 is 2.00 bits per heavy atom. The lowest BCUT2D eigenvalue weighted by atomic mass is 10.2. The van der Waals surface area contributed by atoms with E-state index in [1.165, 1.54) is 42.5 Å². The second-order valence-corrected chi connectivity index (χ2v) is 6.28. The van der Waals surface area contributed by atoms with E-state index in [2.05, 4.69) is 5.32 Å². The molecule has 1 N–H and O–H groups in total. The second kappa shape index (κ2) is 8.86. The Kier molecular flexibility index (Phi) is 6.56. The molecule has 136 valence electrons. The molecule has 2 aromatic rings. The molecule has 0 spiro atoms. The number of ether oxygens (including phenoxy) is 1. The third-order valence-corrected chi connectivity index (χ3v) is 4.27. The Morgan fingerprint density at radius 1 is 1.23 bits per heavy atom. The number of nitro benzene ring substituents is 1. The second-order valence-electron chi connectivity index (χ2n) is 5.33. The van der Waals surface area contributed by atoms with Crippen molar-refractivity contribution in [2.24, 2.45) is 0 Å². The molecule has 0 saturated carbocycles. The number of anilines is 1. The summed E-state index contributed by atoms with van der Waals surface area (Å²) in [6, 6.07) is 8.83. The van der Waals surface area contributed by atoms with E-state index in [4.69, 9.17) is 4.74 Å². The van der Waals surface area contributed by atoms with Crippen LogP contribution >= 0.6 is 11.3 Å². The van der Waals surface area contributed by atoms with Gasteiger partial charge in [-0.3, -0.25) is 24.5 Å². The SMILES string of the molecule is C[C@H](OC(=O)CCC(=O)c1cccs1)C(=O)Nc1cccc([N+](=O)[O-])c1. The van der Waals surface area contributed by atoms with Crippen LogP contribution in [0, 0.1) is 10.1 Å². The number of ketones is 1. The number of amides is 1. The number of non-ortho nitro benzene ring substituents is 1. The lowest BCUT2D eigenvalue weighted by molar-refractivity contribution is -0.384. The molecule has 1 aromatic heterocycles. The molecule has 0 aliphatic heterocycles. The number of hydrogen-bond donors (Lipinski definition) is 1. The highest BCUT2D eigenvalue weighted by Gasteiger charge is 2.19. The molecule has 8 nitrogen and oxygen atoms in total. The quantitative estimate of drug-likeness (QED) is 0.327. The van der Waals surface area contributed by atoms with Crippen molar-refractivity contribution in [3.63, 3.8) is 0 Å². The van der Waals surface area contributed by atoms with Gasteiger partial charge >= 0.3 is 5.97 Å². The zero-order chi connectivity index (χ0) is 19.1. The van der Waals surface area contributed by atoms with Crippen molar-refractivity contribution in [3.8, 4) is 0 Å². The first kappa shape index (κ1) is 19.3. The summed E-state index contributed by atoms with van der Waals surface area (Å²) >= 11 is 1.29. The minimum Gasteiger partial charge on any atom is -0.453 e. The van der Waals surface area contributed by atoms with E-state index in [9.17, 15) is 24.5 Å². The summed E-state index contributed by atoms with van der Waals surface area (Å²) in [5.74, 6) is -1.45. The summed E-state index contributed by atoms with van der Waals surface area (Å²) in [6.07, 6.45) is -1.23. The highest BCUT2D eigenvalue weighted by molar-refractivity contribution is 7.12. The fraction of sp³-hybridized carbons (Fsp3) is 0.235. The van der Waals surface area contributed by atoms with Crippen LogP contribution in [0.2, 0.25) is 0 Å². The fourth-order valence-corrected chi connectivity index (χ4v) is 2.72. The van der Waals surface area contributed by atoms with Crippen LogP contribution in [0.3, 0.4) is 0 Å². The predicted octanol–water partition coefficient (Wildman–Crippen LogP) is 3.19. The average molecular weight is 376 g/mol. The molecule has 0 saturated heterocycles. The van der Waals surface area contributed by atoms with Crippen LogP contribution in [0.25, 0.3) is 0 Å². The number of Topliss-reactive ketones (excluding diaryl/α,β-unsaturated/α-hetero) is 1. The van der Waals surface area contributed by atoms with Gasteiger partial charge in [0, 0.05) is 24.2 Å². The number of nitro groups is 1. The molecule has 26 heavy (non-hydrogen) atoms. The largest absolute Gasteiger partial charge is 0.453 e. The van der Waals surface area contributed by atoms with Gasteiger partial charge in [-0.2, -0.15) is 0 Å². The summed E-state index contributed by atoms with van der Waals surface area (Å²) in [4.78, 5) is 46.4. The van der Waals surface area contributed by atoms with E-state index < -0.39 is 22.9 Å². The van der Waals surface area contributed by atoms with E-state index in [1.807, 2.05) is 0 Å². The highest BCUT2D eigenvalue weighted by Crippen LogP contribution is 2.17. The Labute approximate surface area is 152 Å². The summed E-state index contributed by atoms with van der Waals surface area (Å²) in [5, 5.41) is 14.9. The molecule has 0 bridgehead atoms. The smallest absolute Gasteiger partial charge is 0.307 e. The number of hydrogen-bond acceptors (Lipinski definition) is 7. The van der Waals surface area contributed by atoms with E-state index in [1.54, 1.807) is 17.5 Å². The van der Waals surface area contributed by atoms with Crippen LogP contribution in [0.15, 0.2) is 41.8 Å². The topological polar surface area (TPSA) is 116 Å². The van der Waals surface area contributed by atoms with Gasteiger partial charge in [-0.1, -0.05) is 12.1 Å². The maximum atomic E-state index is 12.0. The number of thiophene rings is 1. The Morgan fingerprint density at radius 3 is 2.65 bits per heavy atom. The lowest BCUT2D eigenvalue weighted by Gasteiger charge is -2.13. The van der Waals surface area contributed by atoms with Crippen molar-refractivity contribution in [2.75, 3.05) is 5.32 Å². The van der Waals surface area contributed by atoms with Crippen molar-refractivity contribution in [1.29, 1.82) is 0 Å². The van der Waals surface area contributed by atoms with E-state index in [0.29, 0.717) is 4.88 Å². The van der Waals surface area contributed by atoms with Crippen molar-refractivity contribution in [2.45, 2.75) is 25.9 Å². The number of carbonyl (C=O) groups is 3. The van der Waals surface area contributed by atoms with Gasteiger partial charge in [0.2, 0.25) is 0 Å². The molecule has 2 rings (SSSR count). The van der Waals surface area contributed by atoms with Crippen molar-refractivity contribution in [1.82, 2.24) is 0 Å². The lowest BCUT2D eigenvalue weighted by Crippen LogP contribution is -2.30. The van der Waals surface area contributed by atoms with Gasteiger partial charge in [0.15, 0.2) is 11.9 Å². The summed E-state index contributed by atoms with van der Waals surface area (Å²) in [6.45, 7) is 1.38. The zero-order valence-corrected chi connectivity index (χ0v) is 14.7. The molecule has 9 heteroatoms. The van der Waals surface area contributed by atoms with Gasteiger partial charge in [-0.15, -0.1) is 11.3 Å². The van der Waals surface area contributed by atoms with Gasteiger partial charge < -0.3 is 10.1 Å². The monoisotopic (exact) mass is 376 g/mol. The molecule has 0 aliphatic carbocycles. The number of carbonyl (C=O) groups excluding carboxylic acids is 3. The first-order valence-electron chi connectivity index (χ1n) is 7.68. The summed E-state index contributed by atoms with van der Waals surface area (Å²) < 4.78 is 5.00. The van der Waals surface area contributed by atoms with Gasteiger partial charge in [-0.25, -0.2) is 0 Å². The fourth-order valence-electron chi connectivity index (χ4n) is 2.03. The summed E-state index contributed by atoms with van der Waals surface area (Å²) in [5.41, 5.74) is 0.0551. The molecule has 1 heterocycles. The number of esters is 1. The van der Waals surface area contributed by atoms with Gasteiger partial charge in [0.1, 0.15) is 0 Å². The maximum Gasteiger partial charge on any atom is 0.307 e. The van der Waals surface area contributed by atoms with Gasteiger partial charge in [0.25, 0.3) is 11.6 Å². The van der Waals surface area contributed by atoms with Crippen LogP contribution in [-0.4, -0.2) is 28.7 Å². The molecule has 0 radical (unpaired) electrons. The van der Waals surface area contributed by atoms with Crippen LogP contribution in [0.1, 0.15) is 29.4 Å². The molecular weight excluding hydrogens is 360 g/mol. The number of benzene rings is 1. The Balaban J connectivity index is 1.82.